The van der Waals surface area contributed by atoms with E-state index in [1.165, 1.54) is 5.56 Å². The zero-order valence-corrected chi connectivity index (χ0v) is 9.07. The van der Waals surface area contributed by atoms with Crippen LogP contribution in [0.15, 0.2) is 43.2 Å². The number of allylic oxidation sites excluding steroid dienone is 1. The van der Waals surface area contributed by atoms with Crippen molar-refractivity contribution in [3.8, 4) is 11.4 Å². The average molecular weight is 198 g/mol. The molecule has 0 aliphatic carbocycles. The van der Waals surface area contributed by atoms with Crippen molar-refractivity contribution in [1.29, 1.82) is 0 Å². The van der Waals surface area contributed by atoms with Gasteiger partial charge in [-0.2, -0.15) is 0 Å². The number of nitrogens with zero attached hydrogens (tertiary/aromatic N) is 2. The number of hydrogen-bond donors (Lipinski definition) is 0. The molecule has 0 unspecified atom stereocenters. The van der Waals surface area contributed by atoms with Gasteiger partial charge in [0.1, 0.15) is 5.82 Å². The standard InChI is InChI=1S/C13H14N2/c1-10(2)15-9-8-14-13(15)12-7-5-4-6-11(12)3/h4-9H,1H2,2-3H3. The van der Waals surface area contributed by atoms with Crippen LogP contribution in [0.4, 0.5) is 0 Å². The molecule has 0 N–H and O–H groups in total. The number of aryl methyl sites for hydroxylation is 1. The fraction of sp³-hybridized carbons (Fsp3) is 0.154. The third-order valence-corrected chi connectivity index (χ3v) is 2.44. The van der Waals surface area contributed by atoms with E-state index in [4.69, 9.17) is 0 Å². The molecule has 0 saturated carbocycles. The smallest absolute Gasteiger partial charge is 0.144 e. The van der Waals surface area contributed by atoms with Crippen LogP contribution in [0.1, 0.15) is 12.5 Å². The van der Waals surface area contributed by atoms with Crippen molar-refractivity contribution in [3.05, 3.63) is 48.8 Å². The molecule has 0 spiro atoms. The Hall–Kier alpha value is -1.83. The first-order valence-electron chi connectivity index (χ1n) is 4.95. The topological polar surface area (TPSA) is 17.8 Å². The molecule has 2 rings (SSSR count). The number of rotatable bonds is 2. The summed E-state index contributed by atoms with van der Waals surface area (Å²) in [6.07, 6.45) is 3.74. The number of aromatic nitrogens is 2. The SMILES string of the molecule is C=C(C)n1ccnc1-c1ccccc1C. The summed E-state index contributed by atoms with van der Waals surface area (Å²) in [7, 11) is 0. The van der Waals surface area contributed by atoms with Gasteiger partial charge in [-0.25, -0.2) is 4.98 Å². The molecule has 2 nitrogen and oxygen atoms in total. The van der Waals surface area contributed by atoms with E-state index in [1.54, 1.807) is 6.20 Å². The lowest BCUT2D eigenvalue weighted by Gasteiger charge is -2.08. The van der Waals surface area contributed by atoms with Crippen LogP contribution in [-0.4, -0.2) is 9.55 Å². The molecule has 0 aliphatic heterocycles. The molecule has 2 aromatic rings. The molecule has 0 amide bonds. The Balaban J connectivity index is 2.59. The minimum absolute atomic E-state index is 0.959. The quantitative estimate of drug-likeness (QED) is 0.723. The van der Waals surface area contributed by atoms with E-state index < -0.39 is 0 Å². The Morgan fingerprint density at radius 3 is 2.73 bits per heavy atom. The lowest BCUT2D eigenvalue weighted by molar-refractivity contribution is 1.09. The zero-order chi connectivity index (χ0) is 10.8. The number of hydrogen-bond acceptors (Lipinski definition) is 1. The summed E-state index contributed by atoms with van der Waals surface area (Å²) in [6, 6.07) is 8.23. The first kappa shape index (κ1) is 9.71. The van der Waals surface area contributed by atoms with Crippen LogP contribution in [0.2, 0.25) is 0 Å². The molecular formula is C13H14N2. The zero-order valence-electron chi connectivity index (χ0n) is 9.07. The highest BCUT2D eigenvalue weighted by molar-refractivity contribution is 5.64. The lowest BCUT2D eigenvalue weighted by atomic mass is 10.1. The summed E-state index contributed by atoms with van der Waals surface area (Å²) in [5.74, 6) is 0.959. The van der Waals surface area contributed by atoms with Gasteiger partial charge >= 0.3 is 0 Å². The minimum atomic E-state index is 0.959. The molecule has 1 heterocycles. The van der Waals surface area contributed by atoms with Gasteiger partial charge in [0.05, 0.1) is 0 Å². The fourth-order valence-electron chi connectivity index (χ4n) is 1.63. The molecule has 2 heteroatoms. The van der Waals surface area contributed by atoms with Crippen molar-refractivity contribution in [2.24, 2.45) is 0 Å². The Kier molecular flexibility index (Phi) is 2.42. The van der Waals surface area contributed by atoms with E-state index in [-0.39, 0.29) is 0 Å². The molecule has 76 valence electrons. The normalized spacial score (nSPS) is 10.3. The second-order valence-corrected chi connectivity index (χ2v) is 3.67. The Morgan fingerprint density at radius 1 is 1.33 bits per heavy atom. The average Bonchev–Trinajstić information content (AvgIpc) is 2.67. The van der Waals surface area contributed by atoms with E-state index in [0.29, 0.717) is 0 Å². The summed E-state index contributed by atoms with van der Waals surface area (Å²) in [4.78, 5) is 4.37. The number of imidazole rings is 1. The maximum atomic E-state index is 4.37. The van der Waals surface area contributed by atoms with E-state index in [9.17, 15) is 0 Å². The Morgan fingerprint density at radius 2 is 2.07 bits per heavy atom. The predicted octanol–water partition coefficient (Wildman–Crippen LogP) is 3.35. The maximum Gasteiger partial charge on any atom is 0.144 e. The molecule has 0 aliphatic rings. The van der Waals surface area contributed by atoms with Gasteiger partial charge in [0, 0.05) is 23.7 Å². The molecular weight excluding hydrogens is 184 g/mol. The van der Waals surface area contributed by atoms with E-state index in [0.717, 1.165) is 17.1 Å². The molecule has 0 fully saturated rings. The fourth-order valence-corrected chi connectivity index (χ4v) is 1.63. The molecule has 1 aromatic heterocycles. The third-order valence-electron chi connectivity index (χ3n) is 2.44. The van der Waals surface area contributed by atoms with Gasteiger partial charge in [-0.05, 0) is 19.4 Å². The lowest BCUT2D eigenvalue weighted by Crippen LogP contribution is -1.95. The van der Waals surface area contributed by atoms with Gasteiger partial charge in [0.2, 0.25) is 0 Å². The summed E-state index contributed by atoms with van der Waals surface area (Å²) in [6.45, 7) is 8.00. The van der Waals surface area contributed by atoms with Gasteiger partial charge in [0.15, 0.2) is 0 Å². The highest BCUT2D eigenvalue weighted by atomic mass is 15.1. The Labute approximate surface area is 89.9 Å². The van der Waals surface area contributed by atoms with Crippen molar-refractivity contribution in [2.45, 2.75) is 13.8 Å². The predicted molar refractivity (Wildman–Crippen MR) is 63.4 cm³/mol. The monoisotopic (exact) mass is 198 g/mol. The summed E-state index contributed by atoms with van der Waals surface area (Å²) in [5, 5.41) is 0. The second kappa shape index (κ2) is 3.73. The summed E-state index contributed by atoms with van der Waals surface area (Å²) in [5.41, 5.74) is 3.36. The van der Waals surface area contributed by atoms with Crippen molar-refractivity contribution in [2.75, 3.05) is 0 Å². The van der Waals surface area contributed by atoms with Gasteiger partial charge < -0.3 is 4.57 Å². The van der Waals surface area contributed by atoms with Gasteiger partial charge in [-0.1, -0.05) is 30.8 Å². The molecule has 1 aromatic carbocycles. The molecule has 0 atom stereocenters. The van der Waals surface area contributed by atoms with Gasteiger partial charge in [-0.3, -0.25) is 0 Å². The maximum absolute atomic E-state index is 4.37. The Bertz CT molecular complexity index is 495. The largest absolute Gasteiger partial charge is 0.304 e. The highest BCUT2D eigenvalue weighted by Crippen LogP contribution is 2.23. The first-order chi connectivity index (χ1) is 7.20. The van der Waals surface area contributed by atoms with Crippen LogP contribution < -0.4 is 0 Å². The van der Waals surface area contributed by atoms with Gasteiger partial charge in [0.25, 0.3) is 0 Å². The second-order valence-electron chi connectivity index (χ2n) is 3.67. The molecule has 0 saturated heterocycles. The van der Waals surface area contributed by atoms with Crippen molar-refractivity contribution >= 4 is 5.70 Å². The van der Waals surface area contributed by atoms with Crippen molar-refractivity contribution in [1.82, 2.24) is 9.55 Å². The molecule has 0 radical (unpaired) electrons. The van der Waals surface area contributed by atoms with Crippen LogP contribution >= 0.6 is 0 Å². The van der Waals surface area contributed by atoms with Crippen molar-refractivity contribution < 1.29 is 0 Å². The van der Waals surface area contributed by atoms with E-state index in [2.05, 4.69) is 30.6 Å². The van der Waals surface area contributed by atoms with E-state index in [1.807, 2.05) is 29.8 Å². The van der Waals surface area contributed by atoms with Crippen LogP contribution in [0.3, 0.4) is 0 Å². The van der Waals surface area contributed by atoms with E-state index >= 15 is 0 Å². The van der Waals surface area contributed by atoms with Crippen LogP contribution in [0.5, 0.6) is 0 Å². The van der Waals surface area contributed by atoms with Crippen LogP contribution in [-0.2, 0) is 0 Å². The minimum Gasteiger partial charge on any atom is -0.304 e. The van der Waals surface area contributed by atoms with Crippen LogP contribution in [0, 0.1) is 6.92 Å². The number of benzene rings is 1. The highest BCUT2D eigenvalue weighted by Gasteiger charge is 2.07. The third kappa shape index (κ3) is 1.71. The van der Waals surface area contributed by atoms with Crippen LogP contribution in [0.25, 0.3) is 17.1 Å². The molecule has 0 bridgehead atoms. The first-order valence-corrected chi connectivity index (χ1v) is 4.95. The molecule has 15 heavy (non-hydrogen) atoms. The summed E-state index contributed by atoms with van der Waals surface area (Å²) < 4.78 is 2.00. The van der Waals surface area contributed by atoms with Crippen molar-refractivity contribution in [3.63, 3.8) is 0 Å². The summed E-state index contributed by atoms with van der Waals surface area (Å²) >= 11 is 0. The van der Waals surface area contributed by atoms with Gasteiger partial charge in [-0.15, -0.1) is 0 Å².